The maximum absolute atomic E-state index is 11.8. The molecule has 1 heterocycles. The number of carbonyl (C=O) groups excluding carboxylic acids is 1. The first-order chi connectivity index (χ1) is 10.2. The predicted molar refractivity (Wildman–Crippen MR) is 87.0 cm³/mol. The Kier molecular flexibility index (Phi) is 5.69. The molecule has 0 radical (unpaired) electrons. The van der Waals surface area contributed by atoms with Crippen LogP contribution in [0.4, 0.5) is 0 Å². The second-order valence-electron chi connectivity index (χ2n) is 4.38. The molecule has 0 aliphatic carbocycles. The molecule has 21 heavy (non-hydrogen) atoms. The van der Waals surface area contributed by atoms with Crippen LogP contribution >= 0.6 is 15.9 Å². The van der Waals surface area contributed by atoms with Crippen LogP contribution in [0, 0.1) is 0 Å². The number of esters is 1. The summed E-state index contributed by atoms with van der Waals surface area (Å²) in [6.45, 7) is 2.16. The van der Waals surface area contributed by atoms with Gasteiger partial charge in [0.25, 0.3) is 0 Å². The fraction of sp³-hybridized carbons (Fsp3) is 0.176. The molecule has 4 heteroatoms. The minimum absolute atomic E-state index is 0.339. The molecular formula is C17H16BrNO2. The van der Waals surface area contributed by atoms with Crippen molar-refractivity contribution >= 4 is 27.5 Å². The second-order valence-corrected chi connectivity index (χ2v) is 4.94. The van der Waals surface area contributed by atoms with E-state index in [1.54, 1.807) is 19.3 Å². The van der Waals surface area contributed by atoms with Gasteiger partial charge in [-0.3, -0.25) is 4.98 Å². The molecule has 0 fully saturated rings. The molecule has 0 amide bonds. The van der Waals surface area contributed by atoms with Crippen molar-refractivity contribution in [1.29, 1.82) is 0 Å². The van der Waals surface area contributed by atoms with Crippen LogP contribution in [0.25, 0.3) is 5.57 Å². The minimum Gasteiger partial charge on any atom is -0.463 e. The van der Waals surface area contributed by atoms with E-state index in [0.29, 0.717) is 6.61 Å². The van der Waals surface area contributed by atoms with Crippen LogP contribution in [0.5, 0.6) is 0 Å². The SMILES string of the molecule is CCOC(=O)/C=C(/c1ccncc1)c1ccc(CBr)cc1. The number of ether oxygens (including phenoxy) is 1. The summed E-state index contributed by atoms with van der Waals surface area (Å²) < 4.78 is 5.02. The summed E-state index contributed by atoms with van der Waals surface area (Å²) in [4.78, 5) is 15.8. The third-order valence-corrected chi connectivity index (χ3v) is 3.61. The van der Waals surface area contributed by atoms with Crippen molar-refractivity contribution in [1.82, 2.24) is 4.98 Å². The number of rotatable bonds is 5. The third-order valence-electron chi connectivity index (χ3n) is 2.96. The topological polar surface area (TPSA) is 39.2 Å². The zero-order valence-electron chi connectivity index (χ0n) is 11.8. The van der Waals surface area contributed by atoms with E-state index in [1.807, 2.05) is 36.4 Å². The lowest BCUT2D eigenvalue weighted by atomic mass is 9.97. The number of pyridine rings is 1. The Morgan fingerprint density at radius 2 is 1.76 bits per heavy atom. The van der Waals surface area contributed by atoms with Gasteiger partial charge in [0, 0.05) is 23.8 Å². The first-order valence-electron chi connectivity index (χ1n) is 6.68. The highest BCUT2D eigenvalue weighted by Crippen LogP contribution is 2.24. The molecule has 1 aromatic heterocycles. The average Bonchev–Trinajstić information content (AvgIpc) is 2.54. The molecule has 2 rings (SSSR count). The highest BCUT2D eigenvalue weighted by molar-refractivity contribution is 9.08. The Hall–Kier alpha value is -1.94. The summed E-state index contributed by atoms with van der Waals surface area (Å²) in [5.41, 5.74) is 3.92. The summed E-state index contributed by atoms with van der Waals surface area (Å²) in [5, 5.41) is 0.805. The van der Waals surface area contributed by atoms with E-state index >= 15 is 0 Å². The lowest BCUT2D eigenvalue weighted by Gasteiger charge is -2.09. The number of nitrogens with zero attached hydrogens (tertiary/aromatic N) is 1. The van der Waals surface area contributed by atoms with Gasteiger partial charge >= 0.3 is 5.97 Å². The zero-order valence-corrected chi connectivity index (χ0v) is 13.3. The molecule has 0 atom stereocenters. The lowest BCUT2D eigenvalue weighted by Crippen LogP contribution is -2.02. The highest BCUT2D eigenvalue weighted by Gasteiger charge is 2.08. The Morgan fingerprint density at radius 3 is 2.33 bits per heavy atom. The number of halogens is 1. The fourth-order valence-corrected chi connectivity index (χ4v) is 2.31. The number of benzene rings is 1. The maximum Gasteiger partial charge on any atom is 0.331 e. The summed E-state index contributed by atoms with van der Waals surface area (Å²) in [6, 6.07) is 11.8. The van der Waals surface area contributed by atoms with Crippen molar-refractivity contribution in [2.75, 3.05) is 6.61 Å². The van der Waals surface area contributed by atoms with Crippen LogP contribution in [0.15, 0.2) is 54.9 Å². The second kappa shape index (κ2) is 7.74. The van der Waals surface area contributed by atoms with E-state index in [1.165, 1.54) is 11.6 Å². The monoisotopic (exact) mass is 345 g/mol. The van der Waals surface area contributed by atoms with Crippen molar-refractivity contribution in [3.63, 3.8) is 0 Å². The smallest absolute Gasteiger partial charge is 0.331 e. The molecule has 2 aromatic rings. The molecule has 0 spiro atoms. The number of aromatic nitrogens is 1. The Balaban J connectivity index is 2.42. The minimum atomic E-state index is -0.339. The Labute approximate surface area is 132 Å². The molecule has 0 saturated carbocycles. The van der Waals surface area contributed by atoms with Crippen LogP contribution < -0.4 is 0 Å². The van der Waals surface area contributed by atoms with Crippen LogP contribution in [-0.2, 0) is 14.9 Å². The number of hydrogen-bond donors (Lipinski definition) is 0. The molecular weight excluding hydrogens is 330 g/mol. The first kappa shape index (κ1) is 15.4. The maximum atomic E-state index is 11.8. The van der Waals surface area contributed by atoms with Gasteiger partial charge in [0.05, 0.1) is 6.61 Å². The van der Waals surface area contributed by atoms with E-state index in [9.17, 15) is 4.79 Å². The van der Waals surface area contributed by atoms with Crippen molar-refractivity contribution in [3.8, 4) is 0 Å². The third kappa shape index (κ3) is 4.26. The average molecular weight is 346 g/mol. The van der Waals surface area contributed by atoms with Crippen molar-refractivity contribution in [3.05, 3.63) is 71.6 Å². The largest absolute Gasteiger partial charge is 0.463 e. The summed E-state index contributed by atoms with van der Waals surface area (Å²) >= 11 is 3.43. The number of hydrogen-bond acceptors (Lipinski definition) is 3. The van der Waals surface area contributed by atoms with Gasteiger partial charge in [0.2, 0.25) is 0 Å². The Morgan fingerprint density at radius 1 is 1.14 bits per heavy atom. The van der Waals surface area contributed by atoms with E-state index in [0.717, 1.165) is 22.0 Å². The zero-order chi connectivity index (χ0) is 15.1. The molecule has 0 N–H and O–H groups in total. The first-order valence-corrected chi connectivity index (χ1v) is 7.81. The molecule has 0 aliphatic heterocycles. The number of carbonyl (C=O) groups is 1. The van der Waals surface area contributed by atoms with Crippen LogP contribution in [0.1, 0.15) is 23.6 Å². The van der Waals surface area contributed by atoms with E-state index in [4.69, 9.17) is 4.74 Å². The predicted octanol–water partition coefficient (Wildman–Crippen LogP) is 3.97. The van der Waals surface area contributed by atoms with E-state index in [-0.39, 0.29) is 5.97 Å². The molecule has 0 saturated heterocycles. The van der Waals surface area contributed by atoms with Crippen molar-refractivity contribution in [2.45, 2.75) is 12.3 Å². The van der Waals surface area contributed by atoms with Crippen LogP contribution in [0.2, 0.25) is 0 Å². The molecule has 108 valence electrons. The van der Waals surface area contributed by atoms with Crippen molar-refractivity contribution < 1.29 is 9.53 Å². The normalized spacial score (nSPS) is 11.2. The quantitative estimate of drug-likeness (QED) is 0.467. The summed E-state index contributed by atoms with van der Waals surface area (Å²) in [5.74, 6) is -0.339. The number of alkyl halides is 1. The van der Waals surface area contributed by atoms with Crippen LogP contribution in [-0.4, -0.2) is 17.6 Å². The Bertz CT molecular complexity index is 621. The van der Waals surface area contributed by atoms with Gasteiger partial charge in [-0.15, -0.1) is 0 Å². The molecule has 0 aliphatic rings. The molecule has 3 nitrogen and oxygen atoms in total. The fourth-order valence-electron chi connectivity index (χ4n) is 1.94. The lowest BCUT2D eigenvalue weighted by molar-refractivity contribution is -0.137. The van der Waals surface area contributed by atoms with Gasteiger partial charge in [0.15, 0.2) is 0 Å². The summed E-state index contributed by atoms with van der Waals surface area (Å²) in [7, 11) is 0. The van der Waals surface area contributed by atoms with E-state index < -0.39 is 0 Å². The molecule has 1 aromatic carbocycles. The summed E-state index contributed by atoms with van der Waals surface area (Å²) in [6.07, 6.45) is 4.95. The van der Waals surface area contributed by atoms with Gasteiger partial charge in [-0.25, -0.2) is 4.79 Å². The highest BCUT2D eigenvalue weighted by atomic mass is 79.9. The van der Waals surface area contributed by atoms with Crippen molar-refractivity contribution in [2.24, 2.45) is 0 Å². The van der Waals surface area contributed by atoms with E-state index in [2.05, 4.69) is 20.9 Å². The molecule has 0 unspecified atom stereocenters. The standard InChI is InChI=1S/C17H16BrNO2/c1-2-21-17(20)11-16(15-7-9-19-10-8-15)14-5-3-13(12-18)4-6-14/h3-11H,2,12H2,1H3/b16-11+. The van der Waals surface area contributed by atoms with Gasteiger partial charge in [-0.05, 0) is 41.3 Å². The van der Waals surface area contributed by atoms with Gasteiger partial charge in [-0.1, -0.05) is 40.2 Å². The van der Waals surface area contributed by atoms with Crippen LogP contribution in [0.3, 0.4) is 0 Å². The van der Waals surface area contributed by atoms with Gasteiger partial charge < -0.3 is 4.74 Å². The molecule has 0 bridgehead atoms. The van der Waals surface area contributed by atoms with Gasteiger partial charge in [0.1, 0.15) is 0 Å². The van der Waals surface area contributed by atoms with Gasteiger partial charge in [-0.2, -0.15) is 0 Å².